The molecular formula is C28H31N5O6S. The number of esters is 1. The molecule has 2 heterocycles. The molecule has 0 amide bonds. The van der Waals surface area contributed by atoms with Gasteiger partial charge in [0.15, 0.2) is 5.82 Å². The van der Waals surface area contributed by atoms with Gasteiger partial charge in [-0.2, -0.15) is 5.10 Å². The van der Waals surface area contributed by atoms with Crippen molar-refractivity contribution in [1.82, 2.24) is 15.5 Å². The molecule has 4 rings (SSSR count). The van der Waals surface area contributed by atoms with Gasteiger partial charge in [0.05, 0.1) is 39.7 Å². The first kappa shape index (κ1) is 28.8. The van der Waals surface area contributed by atoms with Crippen molar-refractivity contribution in [2.45, 2.75) is 37.0 Å². The van der Waals surface area contributed by atoms with E-state index in [1.54, 1.807) is 50.4 Å². The van der Waals surface area contributed by atoms with Gasteiger partial charge in [-0.25, -0.2) is 5.10 Å². The van der Waals surface area contributed by atoms with Crippen LogP contribution in [0.25, 0.3) is 10.8 Å². The molecule has 0 bridgehead atoms. The van der Waals surface area contributed by atoms with Crippen molar-refractivity contribution >= 4 is 40.0 Å². The predicted octanol–water partition coefficient (Wildman–Crippen LogP) is 5.05. The summed E-state index contributed by atoms with van der Waals surface area (Å²) >= 11 is 1.31. The molecule has 2 aromatic heterocycles. The van der Waals surface area contributed by atoms with Crippen LogP contribution in [-0.4, -0.2) is 41.3 Å². The minimum atomic E-state index is -1.02. The van der Waals surface area contributed by atoms with E-state index in [1.165, 1.54) is 24.9 Å². The zero-order chi connectivity index (χ0) is 28.7. The van der Waals surface area contributed by atoms with Crippen LogP contribution in [0.3, 0.4) is 0 Å². The summed E-state index contributed by atoms with van der Waals surface area (Å²) in [4.78, 5) is 36.8. The monoisotopic (exact) mass is 565 g/mol. The van der Waals surface area contributed by atoms with Gasteiger partial charge in [-0.15, -0.1) is 11.8 Å². The van der Waals surface area contributed by atoms with Gasteiger partial charge >= 0.3 is 5.97 Å². The number of nitro groups is 1. The molecule has 0 aliphatic rings. The second kappa shape index (κ2) is 12.8. The maximum absolute atomic E-state index is 12.7. The molecule has 0 fully saturated rings. The Hall–Kier alpha value is -4.16. The highest BCUT2D eigenvalue weighted by atomic mass is 32.2. The maximum atomic E-state index is 12.7. The number of benzene rings is 2. The Bertz CT molecular complexity index is 1540. The van der Waals surface area contributed by atoms with Crippen LogP contribution in [0.2, 0.25) is 0 Å². The average Bonchev–Trinajstić information content (AvgIpc) is 3.48. The molecule has 12 heteroatoms. The zero-order valence-corrected chi connectivity index (χ0v) is 23.2. The lowest BCUT2D eigenvalue weighted by Crippen LogP contribution is -2.41. The van der Waals surface area contributed by atoms with Crippen molar-refractivity contribution in [1.29, 1.82) is 0 Å². The molecule has 0 aliphatic heterocycles. The minimum Gasteiger partial charge on any atom is -0.469 e. The number of carbonyl (C=O) groups excluding carboxylic acids is 1. The van der Waals surface area contributed by atoms with Gasteiger partial charge in [-0.3, -0.25) is 19.7 Å². The summed E-state index contributed by atoms with van der Waals surface area (Å²) in [6.45, 7) is 4.51. The van der Waals surface area contributed by atoms with Gasteiger partial charge in [0.25, 0.3) is 11.2 Å². The van der Waals surface area contributed by atoms with Crippen LogP contribution in [0.5, 0.6) is 0 Å². The Morgan fingerprint density at radius 3 is 2.65 bits per heavy atom. The molecule has 0 saturated carbocycles. The lowest BCUT2D eigenvalue weighted by atomic mass is 9.80. The molecule has 40 heavy (non-hydrogen) atoms. The molecule has 0 spiro atoms. The number of methoxy groups -OCH3 is 1. The van der Waals surface area contributed by atoms with Crippen LogP contribution in [0, 0.1) is 15.5 Å². The van der Waals surface area contributed by atoms with Crippen molar-refractivity contribution in [3.05, 3.63) is 92.7 Å². The molecule has 0 radical (unpaired) electrons. The fourth-order valence-corrected chi connectivity index (χ4v) is 5.39. The van der Waals surface area contributed by atoms with Crippen molar-refractivity contribution in [2.75, 3.05) is 25.5 Å². The number of hydrogen-bond acceptors (Lipinski definition) is 10. The molecule has 11 nitrogen and oxygen atoms in total. The van der Waals surface area contributed by atoms with Crippen LogP contribution in [0.1, 0.15) is 37.6 Å². The average molecular weight is 566 g/mol. The molecule has 4 aromatic rings. The van der Waals surface area contributed by atoms with Gasteiger partial charge in [0.1, 0.15) is 5.76 Å². The van der Waals surface area contributed by atoms with Gasteiger partial charge in [-0.1, -0.05) is 24.3 Å². The number of nitrogens with zero attached hydrogens (tertiary/aromatic N) is 2. The second-order valence-electron chi connectivity index (χ2n) is 9.68. The summed E-state index contributed by atoms with van der Waals surface area (Å²) in [5, 5.41) is 26.5. The van der Waals surface area contributed by atoms with Crippen molar-refractivity contribution in [3.63, 3.8) is 0 Å². The number of nitrogens with one attached hydrogen (secondary N) is 3. The van der Waals surface area contributed by atoms with Crippen LogP contribution in [0.4, 0.5) is 11.5 Å². The van der Waals surface area contributed by atoms with Gasteiger partial charge < -0.3 is 19.8 Å². The number of aromatic nitrogens is 2. The summed E-state index contributed by atoms with van der Waals surface area (Å²) in [6.07, 6.45) is 2.20. The Morgan fingerprint density at radius 1 is 1.18 bits per heavy atom. The maximum Gasteiger partial charge on any atom is 0.313 e. The predicted molar refractivity (Wildman–Crippen MR) is 153 cm³/mol. The first-order valence-electron chi connectivity index (χ1n) is 12.7. The molecule has 1 unspecified atom stereocenters. The summed E-state index contributed by atoms with van der Waals surface area (Å²) in [6, 6.07) is 15.3. The number of fused-ring (bicyclic) bond motifs is 1. The van der Waals surface area contributed by atoms with Gasteiger partial charge in [0, 0.05) is 24.0 Å². The number of thioether (sulfide) groups is 1. The van der Waals surface area contributed by atoms with E-state index in [-0.39, 0.29) is 11.2 Å². The SMILES string of the molecule is COC(=O)C(C)(C)C(NCCCNc1n[nH]c(=O)c2ccccc12)c1ccc(SCc2ccco2)c([N+](=O)[O-])c1. The van der Waals surface area contributed by atoms with Crippen molar-refractivity contribution < 1.29 is 18.9 Å². The fraction of sp³-hybridized carbons (Fsp3) is 0.321. The fourth-order valence-electron chi connectivity index (χ4n) is 4.48. The van der Waals surface area contributed by atoms with E-state index in [2.05, 4.69) is 20.8 Å². The number of aromatic amines is 1. The summed E-state index contributed by atoms with van der Waals surface area (Å²) in [5.41, 5.74) is -0.713. The highest BCUT2D eigenvalue weighted by molar-refractivity contribution is 7.98. The number of carbonyl (C=O) groups is 1. The first-order chi connectivity index (χ1) is 19.2. The number of rotatable bonds is 13. The number of nitro benzene ring substituents is 1. The third-order valence-electron chi connectivity index (χ3n) is 6.59. The largest absolute Gasteiger partial charge is 0.469 e. The summed E-state index contributed by atoms with van der Waals surface area (Å²) in [5.74, 6) is 1.30. The topological polar surface area (TPSA) is 152 Å². The van der Waals surface area contributed by atoms with Gasteiger partial charge in [0.2, 0.25) is 0 Å². The Kier molecular flexibility index (Phi) is 9.22. The van der Waals surface area contributed by atoms with E-state index in [9.17, 15) is 19.7 Å². The number of hydrogen-bond donors (Lipinski definition) is 3. The van der Waals surface area contributed by atoms with E-state index < -0.39 is 22.3 Å². The molecule has 2 aromatic carbocycles. The zero-order valence-electron chi connectivity index (χ0n) is 22.4. The Balaban J connectivity index is 1.48. The molecule has 1 atom stereocenters. The van der Waals surface area contributed by atoms with Crippen LogP contribution in [0.15, 0.2) is 75.0 Å². The van der Waals surface area contributed by atoms with E-state index in [4.69, 9.17) is 9.15 Å². The number of anilines is 1. The summed E-state index contributed by atoms with van der Waals surface area (Å²) in [7, 11) is 1.32. The third-order valence-corrected chi connectivity index (χ3v) is 7.67. The lowest BCUT2D eigenvalue weighted by molar-refractivity contribution is -0.387. The number of H-pyrrole nitrogens is 1. The van der Waals surface area contributed by atoms with Gasteiger partial charge in [-0.05, 0) is 56.6 Å². The van der Waals surface area contributed by atoms with Crippen LogP contribution >= 0.6 is 11.8 Å². The first-order valence-corrected chi connectivity index (χ1v) is 13.7. The highest BCUT2D eigenvalue weighted by Crippen LogP contribution is 2.39. The highest BCUT2D eigenvalue weighted by Gasteiger charge is 2.39. The van der Waals surface area contributed by atoms with Crippen LogP contribution in [-0.2, 0) is 15.3 Å². The Morgan fingerprint density at radius 2 is 1.95 bits per heavy atom. The Labute approximate surface area is 234 Å². The standard InChI is InChI=1S/C28H31N5O6S/c1-28(2,27(35)38-3)24(18-11-12-23(22(16-18)33(36)37)40-17-19-8-6-15-39-19)29-13-7-14-30-25-20-9-4-5-10-21(20)26(34)32-31-25/h4-6,8-12,15-16,24,29H,7,13-14,17H2,1-3H3,(H,30,31)(H,32,34). The quantitative estimate of drug-likeness (QED) is 0.0660. The number of furan rings is 1. The normalized spacial score (nSPS) is 12.3. The smallest absolute Gasteiger partial charge is 0.313 e. The minimum absolute atomic E-state index is 0.0424. The van der Waals surface area contributed by atoms with E-state index in [0.717, 1.165) is 5.39 Å². The van der Waals surface area contributed by atoms with E-state index >= 15 is 0 Å². The van der Waals surface area contributed by atoms with E-state index in [1.807, 2.05) is 18.2 Å². The molecule has 0 aliphatic carbocycles. The lowest BCUT2D eigenvalue weighted by Gasteiger charge is -2.33. The van der Waals surface area contributed by atoms with Crippen molar-refractivity contribution in [2.24, 2.45) is 5.41 Å². The third kappa shape index (κ3) is 6.52. The van der Waals surface area contributed by atoms with Crippen molar-refractivity contribution in [3.8, 4) is 0 Å². The second-order valence-corrected chi connectivity index (χ2v) is 10.7. The van der Waals surface area contributed by atoms with Crippen LogP contribution < -0.4 is 16.2 Å². The molecule has 3 N–H and O–H groups in total. The summed E-state index contributed by atoms with van der Waals surface area (Å²) < 4.78 is 10.4. The molecule has 0 saturated heterocycles. The molecular weight excluding hydrogens is 534 g/mol. The number of ether oxygens (including phenoxy) is 1. The van der Waals surface area contributed by atoms with E-state index in [0.29, 0.717) is 52.7 Å². The molecule has 210 valence electrons.